The number of carbonyl (C=O) groups excluding carboxylic acids is 2. The third-order valence-corrected chi connectivity index (χ3v) is 6.01. The molecule has 38 heavy (non-hydrogen) atoms. The van der Waals surface area contributed by atoms with Crippen LogP contribution in [0.2, 0.25) is 0 Å². The van der Waals surface area contributed by atoms with Crippen LogP contribution in [0.4, 0.5) is 5.69 Å². The monoisotopic (exact) mass is 605 g/mol. The lowest BCUT2D eigenvalue weighted by atomic mass is 9.95. The van der Waals surface area contributed by atoms with Crippen molar-refractivity contribution in [1.82, 2.24) is 16.1 Å². The van der Waals surface area contributed by atoms with E-state index >= 15 is 0 Å². The zero-order valence-electron chi connectivity index (χ0n) is 20.6. The van der Waals surface area contributed by atoms with Gasteiger partial charge in [-0.2, -0.15) is 5.10 Å². The molecule has 0 radical (unpaired) electrons. The smallest absolute Gasteiger partial charge is 0.338 e. The highest BCUT2D eigenvalue weighted by atomic mass is 79.9. The van der Waals surface area contributed by atoms with Crippen LogP contribution in [0.25, 0.3) is 0 Å². The van der Waals surface area contributed by atoms with Crippen molar-refractivity contribution in [1.29, 1.82) is 0 Å². The van der Waals surface area contributed by atoms with Gasteiger partial charge in [0.05, 0.1) is 40.9 Å². The van der Waals surface area contributed by atoms with Gasteiger partial charge in [-0.25, -0.2) is 10.2 Å². The van der Waals surface area contributed by atoms with Crippen molar-refractivity contribution < 1.29 is 28.7 Å². The van der Waals surface area contributed by atoms with Gasteiger partial charge in [-0.1, -0.05) is 18.2 Å². The van der Waals surface area contributed by atoms with Gasteiger partial charge in [0, 0.05) is 22.9 Å². The largest absolute Gasteiger partial charge is 0.489 e. The van der Waals surface area contributed by atoms with Crippen LogP contribution in [-0.2, 0) is 14.3 Å². The first-order valence-electron chi connectivity index (χ1n) is 11.2. The Balaban J connectivity index is 1.72. The van der Waals surface area contributed by atoms with E-state index in [4.69, 9.17) is 26.4 Å². The molecule has 0 saturated carbocycles. The second-order valence-corrected chi connectivity index (χ2v) is 8.99. The van der Waals surface area contributed by atoms with Crippen LogP contribution in [0.5, 0.6) is 11.5 Å². The number of hydrogen-bond donors (Lipinski definition) is 3. The molecule has 0 aromatic heterocycles. The third kappa shape index (κ3) is 6.83. The van der Waals surface area contributed by atoms with Gasteiger partial charge in [0.25, 0.3) is 5.91 Å². The minimum absolute atomic E-state index is 0.0726. The number of methoxy groups -OCH3 is 1. The number of nitro groups is 1. The van der Waals surface area contributed by atoms with Crippen molar-refractivity contribution in [3.05, 3.63) is 73.4 Å². The molecule has 1 amide bonds. The zero-order valence-corrected chi connectivity index (χ0v) is 23.0. The number of thiocarbonyl (C=S) groups is 1. The standard InChI is InChI=1S/C24H24BrN5O7S/c1-4-36-23(32)20-13(2)27-24(38)28-21(20)15-7-5-6-8-18(15)37-12-19(31)29-26-11-14-9-16(25)22(35-3)17(10-14)30(33)34/h5-11,21H,4,12H2,1-3H3,(H,29,31)(H2,27,28,38)/t21-/m1/s1. The first kappa shape index (κ1) is 28.5. The number of halogens is 1. The van der Waals surface area contributed by atoms with E-state index in [1.807, 2.05) is 0 Å². The lowest BCUT2D eigenvalue weighted by Gasteiger charge is -2.30. The summed E-state index contributed by atoms with van der Waals surface area (Å²) in [5, 5.41) is 21.4. The Morgan fingerprint density at radius 2 is 2.05 bits per heavy atom. The number of para-hydroxylation sites is 1. The van der Waals surface area contributed by atoms with E-state index < -0.39 is 29.4 Å². The van der Waals surface area contributed by atoms with E-state index in [0.29, 0.717) is 37.7 Å². The van der Waals surface area contributed by atoms with Crippen LogP contribution < -0.4 is 25.5 Å². The fourth-order valence-corrected chi connectivity index (χ4v) is 4.52. The highest BCUT2D eigenvalue weighted by Gasteiger charge is 2.32. The molecule has 1 aliphatic rings. The first-order chi connectivity index (χ1) is 18.2. The maximum absolute atomic E-state index is 12.7. The molecule has 0 saturated heterocycles. The van der Waals surface area contributed by atoms with Gasteiger partial charge >= 0.3 is 11.7 Å². The number of hydrogen-bond acceptors (Lipinski definition) is 9. The second-order valence-electron chi connectivity index (χ2n) is 7.72. The van der Waals surface area contributed by atoms with Crippen molar-refractivity contribution in [2.75, 3.05) is 20.3 Å². The van der Waals surface area contributed by atoms with Gasteiger partial charge in [0.2, 0.25) is 5.75 Å². The molecule has 3 rings (SSSR count). The van der Waals surface area contributed by atoms with Gasteiger partial charge in [-0.05, 0) is 54.1 Å². The molecule has 200 valence electrons. The molecule has 0 bridgehead atoms. The summed E-state index contributed by atoms with van der Waals surface area (Å²) in [5.41, 5.74) is 3.87. The van der Waals surface area contributed by atoms with Crippen LogP contribution in [0.1, 0.15) is 31.0 Å². The van der Waals surface area contributed by atoms with Gasteiger partial charge in [-0.15, -0.1) is 0 Å². The van der Waals surface area contributed by atoms with Crippen LogP contribution in [0.3, 0.4) is 0 Å². The molecule has 3 N–H and O–H groups in total. The van der Waals surface area contributed by atoms with Gasteiger partial charge in [-0.3, -0.25) is 14.9 Å². The molecule has 0 unspecified atom stereocenters. The van der Waals surface area contributed by atoms with E-state index in [-0.39, 0.29) is 18.0 Å². The van der Waals surface area contributed by atoms with Crippen molar-refractivity contribution in [3.8, 4) is 11.5 Å². The Bertz CT molecular complexity index is 1330. The average Bonchev–Trinajstić information content (AvgIpc) is 2.87. The summed E-state index contributed by atoms with van der Waals surface area (Å²) in [6.07, 6.45) is 1.25. The quantitative estimate of drug-likeness (QED) is 0.121. The fraction of sp³-hybridized carbons (Fsp3) is 0.250. The molecule has 14 heteroatoms. The predicted molar refractivity (Wildman–Crippen MR) is 146 cm³/mol. The van der Waals surface area contributed by atoms with E-state index in [1.54, 1.807) is 44.2 Å². The molecular formula is C24H24BrN5O7S. The van der Waals surface area contributed by atoms with Gasteiger partial charge in [0.1, 0.15) is 5.75 Å². The van der Waals surface area contributed by atoms with E-state index in [2.05, 4.69) is 37.1 Å². The maximum Gasteiger partial charge on any atom is 0.338 e. The van der Waals surface area contributed by atoms with Gasteiger partial charge < -0.3 is 24.8 Å². The number of benzene rings is 2. The minimum Gasteiger partial charge on any atom is -0.489 e. The molecule has 1 heterocycles. The molecular weight excluding hydrogens is 582 g/mol. The predicted octanol–water partition coefficient (Wildman–Crippen LogP) is 3.25. The number of rotatable bonds is 10. The highest BCUT2D eigenvalue weighted by Crippen LogP contribution is 2.36. The number of allylic oxidation sites excluding steroid dienone is 1. The summed E-state index contributed by atoms with van der Waals surface area (Å²) in [5.74, 6) is -0.671. The van der Waals surface area contributed by atoms with E-state index in [0.717, 1.165) is 0 Å². The second kappa shape index (κ2) is 13.0. The highest BCUT2D eigenvalue weighted by molar-refractivity contribution is 9.10. The summed E-state index contributed by atoms with van der Waals surface area (Å²) in [4.78, 5) is 35.7. The van der Waals surface area contributed by atoms with Crippen LogP contribution in [0, 0.1) is 10.1 Å². The summed E-state index contributed by atoms with van der Waals surface area (Å²) >= 11 is 8.49. The Hall–Kier alpha value is -4.04. The number of nitrogens with zero attached hydrogens (tertiary/aromatic N) is 2. The summed E-state index contributed by atoms with van der Waals surface area (Å²) in [6, 6.07) is 9.06. The van der Waals surface area contributed by atoms with Crippen molar-refractivity contribution in [2.24, 2.45) is 5.10 Å². The number of nitro benzene ring substituents is 1. The Labute approximate surface area is 231 Å². The van der Waals surface area contributed by atoms with E-state index in [9.17, 15) is 19.7 Å². The van der Waals surface area contributed by atoms with Gasteiger partial charge in [0.15, 0.2) is 11.7 Å². The average molecular weight is 606 g/mol. The number of carbonyl (C=O) groups is 2. The fourth-order valence-electron chi connectivity index (χ4n) is 3.62. The number of hydrazone groups is 1. The number of esters is 1. The molecule has 1 aliphatic heterocycles. The Morgan fingerprint density at radius 1 is 1.32 bits per heavy atom. The normalized spacial score (nSPS) is 14.9. The van der Waals surface area contributed by atoms with E-state index in [1.165, 1.54) is 19.4 Å². The van der Waals surface area contributed by atoms with Crippen LogP contribution in [-0.4, -0.2) is 48.5 Å². The molecule has 2 aromatic carbocycles. The molecule has 1 atom stereocenters. The zero-order chi connectivity index (χ0) is 27.8. The third-order valence-electron chi connectivity index (χ3n) is 5.20. The van der Waals surface area contributed by atoms with Crippen LogP contribution >= 0.6 is 28.1 Å². The molecule has 12 nitrogen and oxygen atoms in total. The Kier molecular flexibility index (Phi) is 9.73. The molecule has 2 aromatic rings. The molecule has 0 aliphatic carbocycles. The summed E-state index contributed by atoms with van der Waals surface area (Å²) < 4.78 is 16.3. The van der Waals surface area contributed by atoms with Crippen LogP contribution in [0.15, 0.2) is 57.2 Å². The lowest BCUT2D eigenvalue weighted by molar-refractivity contribution is -0.385. The summed E-state index contributed by atoms with van der Waals surface area (Å²) in [7, 11) is 1.32. The molecule has 0 fully saturated rings. The van der Waals surface area contributed by atoms with Crippen molar-refractivity contribution >= 4 is 57.0 Å². The lowest BCUT2D eigenvalue weighted by Crippen LogP contribution is -2.45. The maximum atomic E-state index is 12.7. The number of ether oxygens (including phenoxy) is 3. The molecule has 0 spiro atoms. The summed E-state index contributed by atoms with van der Waals surface area (Å²) in [6.45, 7) is 3.24. The first-order valence-corrected chi connectivity index (χ1v) is 12.4. The SMILES string of the molecule is CCOC(=O)C1=C(C)NC(=S)N[C@@H]1c1ccccc1OCC(=O)NN=Cc1cc(Br)c(OC)c([N+](=O)[O-])c1. The Morgan fingerprint density at radius 3 is 2.74 bits per heavy atom. The van der Waals surface area contributed by atoms with Crippen molar-refractivity contribution in [2.45, 2.75) is 19.9 Å². The van der Waals surface area contributed by atoms with Crippen molar-refractivity contribution in [3.63, 3.8) is 0 Å². The number of amides is 1. The topological polar surface area (TPSA) is 153 Å². The number of nitrogens with one attached hydrogen (secondary N) is 3. The minimum atomic E-state index is -0.663.